The Kier molecular flexibility index (Phi) is 3.99. The number of aliphatic hydroxyl groups excluding tert-OH is 1. The summed E-state index contributed by atoms with van der Waals surface area (Å²) in [5.74, 6) is -0.493. The number of benzene rings is 1. The van der Waals surface area contributed by atoms with Crippen LogP contribution in [0, 0.1) is 5.92 Å². The highest BCUT2D eigenvalue weighted by molar-refractivity contribution is 5.89. The molecule has 0 saturated carbocycles. The zero-order valence-electron chi connectivity index (χ0n) is 10.6. The van der Waals surface area contributed by atoms with E-state index in [1.54, 1.807) is 24.3 Å². The molecule has 1 N–H and O–H groups in total. The monoisotopic (exact) mass is 250 g/mol. The average Bonchev–Trinajstić information content (AvgIpc) is 2.67. The molecule has 1 aliphatic heterocycles. The largest absolute Gasteiger partial charge is 0.429 e. The molecule has 0 aliphatic carbocycles. The minimum Gasteiger partial charge on any atom is -0.429 e. The summed E-state index contributed by atoms with van der Waals surface area (Å²) in [7, 11) is 0. The number of carbonyl (C=O) groups is 1. The van der Waals surface area contributed by atoms with Gasteiger partial charge in [-0.05, 0) is 18.6 Å². The quantitative estimate of drug-likeness (QED) is 0.833. The Hall–Kier alpha value is -1.39. The van der Waals surface area contributed by atoms with Crippen LogP contribution >= 0.6 is 0 Å². The van der Waals surface area contributed by atoms with Crippen molar-refractivity contribution in [1.82, 2.24) is 0 Å². The molecule has 1 heterocycles. The van der Waals surface area contributed by atoms with Crippen molar-refractivity contribution in [2.75, 3.05) is 0 Å². The summed E-state index contributed by atoms with van der Waals surface area (Å²) in [6.07, 6.45) is -0.897. The van der Waals surface area contributed by atoms with Gasteiger partial charge in [-0.15, -0.1) is 0 Å². The van der Waals surface area contributed by atoms with Gasteiger partial charge in [-0.3, -0.25) is 0 Å². The molecule has 1 aromatic carbocycles. The lowest BCUT2D eigenvalue weighted by atomic mass is 9.99. The number of ether oxygens (including phenoxy) is 2. The SMILES string of the molecule is CC[C@H]1O[C@H](OC(=O)c2ccccc2)[C@@H](O)C1C. The predicted molar refractivity (Wildman–Crippen MR) is 66.0 cm³/mol. The Bertz CT molecular complexity index is 404. The Labute approximate surface area is 107 Å². The molecule has 4 nitrogen and oxygen atoms in total. The Balaban J connectivity index is 2.00. The van der Waals surface area contributed by atoms with Crippen molar-refractivity contribution in [3.8, 4) is 0 Å². The highest BCUT2D eigenvalue weighted by Gasteiger charge is 2.42. The van der Waals surface area contributed by atoms with Crippen molar-refractivity contribution in [2.24, 2.45) is 5.92 Å². The van der Waals surface area contributed by atoms with E-state index in [0.29, 0.717) is 5.56 Å². The zero-order valence-corrected chi connectivity index (χ0v) is 10.6. The van der Waals surface area contributed by atoms with E-state index in [0.717, 1.165) is 6.42 Å². The Morgan fingerprint density at radius 3 is 2.61 bits per heavy atom. The van der Waals surface area contributed by atoms with Gasteiger partial charge in [0, 0.05) is 5.92 Å². The molecule has 0 spiro atoms. The molecule has 1 fully saturated rings. The molecule has 98 valence electrons. The van der Waals surface area contributed by atoms with Crippen molar-refractivity contribution in [2.45, 2.75) is 38.8 Å². The van der Waals surface area contributed by atoms with Gasteiger partial charge in [0.2, 0.25) is 6.29 Å². The maximum atomic E-state index is 11.8. The fourth-order valence-electron chi connectivity index (χ4n) is 2.16. The minimum absolute atomic E-state index is 0.0245. The number of rotatable bonds is 3. The summed E-state index contributed by atoms with van der Waals surface area (Å²) in [4.78, 5) is 11.8. The van der Waals surface area contributed by atoms with Gasteiger partial charge in [0.1, 0.15) is 6.10 Å². The lowest BCUT2D eigenvalue weighted by Crippen LogP contribution is -2.30. The fourth-order valence-corrected chi connectivity index (χ4v) is 2.16. The summed E-state index contributed by atoms with van der Waals surface area (Å²) < 4.78 is 10.7. The molecule has 0 aromatic heterocycles. The van der Waals surface area contributed by atoms with E-state index >= 15 is 0 Å². The van der Waals surface area contributed by atoms with Gasteiger partial charge in [0.15, 0.2) is 0 Å². The highest BCUT2D eigenvalue weighted by Crippen LogP contribution is 2.29. The maximum absolute atomic E-state index is 11.8. The summed E-state index contributed by atoms with van der Waals surface area (Å²) in [6.45, 7) is 3.88. The second kappa shape index (κ2) is 5.50. The number of aliphatic hydroxyl groups is 1. The van der Waals surface area contributed by atoms with Crippen LogP contribution in [0.1, 0.15) is 30.6 Å². The van der Waals surface area contributed by atoms with Gasteiger partial charge >= 0.3 is 5.97 Å². The predicted octanol–water partition coefficient (Wildman–Crippen LogP) is 1.98. The van der Waals surface area contributed by atoms with E-state index in [4.69, 9.17) is 9.47 Å². The third-order valence-electron chi connectivity index (χ3n) is 3.35. The molecule has 1 saturated heterocycles. The molecule has 2 rings (SSSR count). The number of hydrogen-bond acceptors (Lipinski definition) is 4. The molecule has 0 radical (unpaired) electrons. The Morgan fingerprint density at radius 1 is 1.39 bits per heavy atom. The van der Waals surface area contributed by atoms with Crippen molar-refractivity contribution in [3.05, 3.63) is 35.9 Å². The van der Waals surface area contributed by atoms with Gasteiger partial charge in [0.25, 0.3) is 0 Å². The summed E-state index contributed by atoms with van der Waals surface area (Å²) in [5, 5.41) is 9.95. The molecule has 0 bridgehead atoms. The van der Waals surface area contributed by atoms with E-state index < -0.39 is 18.4 Å². The van der Waals surface area contributed by atoms with Gasteiger partial charge < -0.3 is 14.6 Å². The zero-order chi connectivity index (χ0) is 13.1. The first-order valence-corrected chi connectivity index (χ1v) is 6.23. The first-order valence-electron chi connectivity index (χ1n) is 6.23. The lowest BCUT2D eigenvalue weighted by Gasteiger charge is -2.15. The van der Waals surface area contributed by atoms with Crippen LogP contribution in [-0.2, 0) is 9.47 Å². The third-order valence-corrected chi connectivity index (χ3v) is 3.35. The smallest absolute Gasteiger partial charge is 0.340 e. The number of carbonyl (C=O) groups excluding carboxylic acids is 1. The van der Waals surface area contributed by atoms with E-state index in [9.17, 15) is 9.90 Å². The maximum Gasteiger partial charge on any atom is 0.340 e. The van der Waals surface area contributed by atoms with Crippen LogP contribution in [0.3, 0.4) is 0 Å². The van der Waals surface area contributed by atoms with Crippen LogP contribution in [0.25, 0.3) is 0 Å². The summed E-state index contributed by atoms with van der Waals surface area (Å²) in [5.41, 5.74) is 0.459. The molecule has 1 aliphatic rings. The first kappa shape index (κ1) is 13.1. The van der Waals surface area contributed by atoms with Crippen molar-refractivity contribution in [3.63, 3.8) is 0 Å². The molecule has 18 heavy (non-hydrogen) atoms. The first-order chi connectivity index (χ1) is 8.63. The van der Waals surface area contributed by atoms with Crippen molar-refractivity contribution in [1.29, 1.82) is 0 Å². The van der Waals surface area contributed by atoms with Crippen LogP contribution in [0.15, 0.2) is 30.3 Å². The molecule has 4 atom stereocenters. The standard InChI is InChI=1S/C14H18O4/c1-3-11-9(2)12(15)14(17-11)18-13(16)10-7-5-4-6-8-10/h4-9,11-12,14-15H,3H2,1-2H3/t9?,11-,12+,14-/m1/s1. The summed E-state index contributed by atoms with van der Waals surface area (Å²) >= 11 is 0. The highest BCUT2D eigenvalue weighted by atomic mass is 16.7. The van der Waals surface area contributed by atoms with Crippen LogP contribution in [0.5, 0.6) is 0 Å². The van der Waals surface area contributed by atoms with E-state index in [1.807, 2.05) is 19.9 Å². The topological polar surface area (TPSA) is 55.8 Å². The van der Waals surface area contributed by atoms with Gasteiger partial charge in [-0.2, -0.15) is 0 Å². The van der Waals surface area contributed by atoms with E-state index in [1.165, 1.54) is 0 Å². The second-order valence-electron chi connectivity index (χ2n) is 4.57. The van der Waals surface area contributed by atoms with Crippen molar-refractivity contribution >= 4 is 5.97 Å². The van der Waals surface area contributed by atoms with Crippen LogP contribution in [0.4, 0.5) is 0 Å². The molecular formula is C14H18O4. The minimum atomic E-state index is -0.863. The normalized spacial score (nSPS) is 31.3. The van der Waals surface area contributed by atoms with Crippen molar-refractivity contribution < 1.29 is 19.4 Å². The fraction of sp³-hybridized carbons (Fsp3) is 0.500. The lowest BCUT2D eigenvalue weighted by molar-refractivity contribution is -0.134. The Morgan fingerprint density at radius 2 is 2.06 bits per heavy atom. The van der Waals surface area contributed by atoms with E-state index in [-0.39, 0.29) is 12.0 Å². The molecule has 1 unspecified atom stereocenters. The number of hydrogen-bond donors (Lipinski definition) is 1. The third kappa shape index (κ3) is 2.54. The van der Waals surface area contributed by atoms with Gasteiger partial charge in [-0.25, -0.2) is 4.79 Å². The van der Waals surface area contributed by atoms with Crippen LogP contribution < -0.4 is 0 Å². The number of esters is 1. The molecule has 4 heteroatoms. The molecule has 0 amide bonds. The van der Waals surface area contributed by atoms with E-state index in [2.05, 4.69) is 0 Å². The van der Waals surface area contributed by atoms with Crippen LogP contribution in [0.2, 0.25) is 0 Å². The van der Waals surface area contributed by atoms with Gasteiger partial charge in [0.05, 0.1) is 11.7 Å². The second-order valence-corrected chi connectivity index (χ2v) is 4.57. The summed E-state index contributed by atoms with van der Waals surface area (Å²) in [6, 6.07) is 8.70. The van der Waals surface area contributed by atoms with Gasteiger partial charge in [-0.1, -0.05) is 32.0 Å². The van der Waals surface area contributed by atoms with Crippen LogP contribution in [-0.4, -0.2) is 29.6 Å². The molecular weight excluding hydrogens is 232 g/mol. The average molecular weight is 250 g/mol. The molecule has 1 aromatic rings.